The average Bonchev–Trinajstić information content (AvgIpc) is 2.64. The maximum atomic E-state index is 6.09. The minimum Gasteiger partial charge on any atom is -0.353 e. The third kappa shape index (κ3) is 1.36. The van der Waals surface area contributed by atoms with Crippen LogP contribution in [0.4, 0.5) is 5.69 Å². The number of benzene rings is 1. The van der Waals surface area contributed by atoms with Crippen LogP contribution >= 0.6 is 11.6 Å². The van der Waals surface area contributed by atoms with Crippen molar-refractivity contribution in [3.05, 3.63) is 28.3 Å². The molecule has 16 heavy (non-hydrogen) atoms. The van der Waals surface area contributed by atoms with Gasteiger partial charge in [0.25, 0.3) is 0 Å². The second-order valence-corrected chi connectivity index (χ2v) is 5.09. The van der Waals surface area contributed by atoms with Crippen LogP contribution in [-0.4, -0.2) is 17.3 Å². The van der Waals surface area contributed by atoms with Gasteiger partial charge in [0.05, 0.1) is 11.7 Å². The van der Waals surface area contributed by atoms with Gasteiger partial charge in [-0.25, -0.2) is 4.99 Å². The van der Waals surface area contributed by atoms with Gasteiger partial charge in [-0.15, -0.1) is 0 Å². The van der Waals surface area contributed by atoms with Gasteiger partial charge in [0, 0.05) is 23.6 Å². The summed E-state index contributed by atoms with van der Waals surface area (Å²) in [6.07, 6.45) is 2.33. The molecule has 1 aromatic carbocycles. The number of amidine groups is 1. The molecule has 0 amide bonds. The van der Waals surface area contributed by atoms with E-state index in [0.717, 1.165) is 23.7 Å². The highest BCUT2D eigenvalue weighted by Gasteiger charge is 2.30. The van der Waals surface area contributed by atoms with E-state index in [0.29, 0.717) is 6.04 Å². The van der Waals surface area contributed by atoms with Crippen LogP contribution < -0.4 is 0 Å². The standard InChI is InChI=1S/C13H15ClN2/c1-8-6-10(14)7-11-13(8)9(2)16-5-3-4-12(16)15-11/h6-7,9H,3-5H2,1-2H3. The maximum absolute atomic E-state index is 6.09. The zero-order valence-electron chi connectivity index (χ0n) is 9.63. The number of rotatable bonds is 0. The molecule has 0 N–H and O–H groups in total. The molecular formula is C13H15ClN2. The Labute approximate surface area is 101 Å². The Morgan fingerprint density at radius 3 is 3.06 bits per heavy atom. The van der Waals surface area contributed by atoms with Crippen LogP contribution in [0.5, 0.6) is 0 Å². The van der Waals surface area contributed by atoms with Gasteiger partial charge in [-0.05, 0) is 38.0 Å². The first-order chi connectivity index (χ1) is 7.66. The summed E-state index contributed by atoms with van der Waals surface area (Å²) in [7, 11) is 0. The van der Waals surface area contributed by atoms with E-state index in [9.17, 15) is 0 Å². The molecule has 1 fully saturated rings. The van der Waals surface area contributed by atoms with Crippen LogP contribution in [0.2, 0.25) is 5.02 Å². The third-order valence-electron chi connectivity index (χ3n) is 3.60. The van der Waals surface area contributed by atoms with Crippen LogP contribution in [0.15, 0.2) is 17.1 Å². The summed E-state index contributed by atoms with van der Waals surface area (Å²) < 4.78 is 0. The molecule has 1 aromatic rings. The highest BCUT2D eigenvalue weighted by atomic mass is 35.5. The van der Waals surface area contributed by atoms with Gasteiger partial charge < -0.3 is 4.90 Å². The number of aryl methyl sites for hydroxylation is 1. The topological polar surface area (TPSA) is 15.6 Å². The van der Waals surface area contributed by atoms with Crippen molar-refractivity contribution < 1.29 is 0 Å². The van der Waals surface area contributed by atoms with Gasteiger partial charge in [-0.2, -0.15) is 0 Å². The zero-order chi connectivity index (χ0) is 11.3. The number of nitrogens with zero attached hydrogens (tertiary/aromatic N) is 2. The lowest BCUT2D eigenvalue weighted by molar-refractivity contribution is 0.358. The summed E-state index contributed by atoms with van der Waals surface area (Å²) in [5.41, 5.74) is 3.67. The summed E-state index contributed by atoms with van der Waals surface area (Å²) in [6, 6.07) is 4.47. The number of hydrogen-bond donors (Lipinski definition) is 0. The first kappa shape index (κ1) is 10.2. The Bertz CT molecular complexity index is 479. The van der Waals surface area contributed by atoms with E-state index in [2.05, 4.69) is 18.7 Å². The van der Waals surface area contributed by atoms with Gasteiger partial charge in [0.1, 0.15) is 5.84 Å². The largest absolute Gasteiger partial charge is 0.353 e. The van der Waals surface area contributed by atoms with Crippen molar-refractivity contribution in [3.8, 4) is 0 Å². The fraction of sp³-hybridized carbons (Fsp3) is 0.462. The monoisotopic (exact) mass is 234 g/mol. The molecule has 1 unspecified atom stereocenters. The molecule has 0 aromatic heterocycles. The van der Waals surface area contributed by atoms with E-state index in [1.54, 1.807) is 0 Å². The maximum Gasteiger partial charge on any atom is 0.105 e. The second-order valence-electron chi connectivity index (χ2n) is 4.66. The molecule has 1 saturated heterocycles. The molecular weight excluding hydrogens is 220 g/mol. The smallest absolute Gasteiger partial charge is 0.105 e. The van der Waals surface area contributed by atoms with Gasteiger partial charge in [-0.1, -0.05) is 11.6 Å². The number of fused-ring (bicyclic) bond motifs is 2. The Balaban J connectivity index is 2.20. The molecule has 0 radical (unpaired) electrons. The SMILES string of the molecule is Cc1cc(Cl)cc2c1C(C)N1CCCC1=N2. The molecule has 3 rings (SSSR count). The zero-order valence-corrected chi connectivity index (χ0v) is 10.4. The summed E-state index contributed by atoms with van der Waals surface area (Å²) in [5.74, 6) is 1.24. The van der Waals surface area contributed by atoms with Crippen molar-refractivity contribution in [2.24, 2.45) is 4.99 Å². The lowest BCUT2D eigenvalue weighted by atomic mass is 9.98. The molecule has 2 aliphatic heterocycles. The van der Waals surface area contributed by atoms with E-state index < -0.39 is 0 Å². The molecule has 2 nitrogen and oxygen atoms in total. The van der Waals surface area contributed by atoms with Crippen molar-refractivity contribution in [1.82, 2.24) is 4.90 Å². The Morgan fingerprint density at radius 2 is 2.25 bits per heavy atom. The van der Waals surface area contributed by atoms with Crippen LogP contribution in [0.1, 0.15) is 36.9 Å². The molecule has 3 heteroatoms. The van der Waals surface area contributed by atoms with Crippen LogP contribution in [0.3, 0.4) is 0 Å². The number of hydrogen-bond acceptors (Lipinski definition) is 2. The van der Waals surface area contributed by atoms with E-state index in [-0.39, 0.29) is 0 Å². The average molecular weight is 235 g/mol. The Morgan fingerprint density at radius 1 is 1.44 bits per heavy atom. The molecule has 0 bridgehead atoms. The number of halogens is 1. The molecule has 2 heterocycles. The summed E-state index contributed by atoms with van der Waals surface area (Å²) in [6.45, 7) is 5.53. The minimum atomic E-state index is 0.447. The van der Waals surface area contributed by atoms with Crippen molar-refractivity contribution >= 4 is 23.1 Å². The fourth-order valence-corrected chi connectivity index (χ4v) is 3.15. The van der Waals surface area contributed by atoms with E-state index in [1.807, 2.05) is 12.1 Å². The third-order valence-corrected chi connectivity index (χ3v) is 3.81. The molecule has 0 saturated carbocycles. The minimum absolute atomic E-state index is 0.447. The van der Waals surface area contributed by atoms with E-state index >= 15 is 0 Å². The molecule has 0 spiro atoms. The molecule has 1 atom stereocenters. The Hall–Kier alpha value is -1.02. The first-order valence-electron chi connectivity index (χ1n) is 5.81. The van der Waals surface area contributed by atoms with Crippen LogP contribution in [-0.2, 0) is 0 Å². The van der Waals surface area contributed by atoms with Crippen molar-refractivity contribution in [2.45, 2.75) is 32.7 Å². The highest BCUT2D eigenvalue weighted by molar-refractivity contribution is 6.31. The van der Waals surface area contributed by atoms with Crippen molar-refractivity contribution in [2.75, 3.05) is 6.54 Å². The van der Waals surface area contributed by atoms with Gasteiger partial charge >= 0.3 is 0 Å². The van der Waals surface area contributed by atoms with E-state index in [4.69, 9.17) is 16.6 Å². The quantitative estimate of drug-likeness (QED) is 0.666. The van der Waals surface area contributed by atoms with Crippen LogP contribution in [0.25, 0.3) is 0 Å². The predicted molar refractivity (Wildman–Crippen MR) is 67.6 cm³/mol. The van der Waals surface area contributed by atoms with Gasteiger partial charge in [-0.3, -0.25) is 0 Å². The predicted octanol–water partition coefficient (Wildman–Crippen LogP) is 3.85. The fourth-order valence-electron chi connectivity index (χ4n) is 2.88. The van der Waals surface area contributed by atoms with Crippen molar-refractivity contribution in [3.63, 3.8) is 0 Å². The molecule has 0 aliphatic carbocycles. The van der Waals surface area contributed by atoms with Gasteiger partial charge in [0.2, 0.25) is 0 Å². The van der Waals surface area contributed by atoms with Crippen LogP contribution in [0, 0.1) is 6.92 Å². The lowest BCUT2D eigenvalue weighted by Crippen LogP contribution is -2.31. The first-order valence-corrected chi connectivity index (χ1v) is 6.19. The summed E-state index contributed by atoms with van der Waals surface area (Å²) >= 11 is 6.09. The highest BCUT2D eigenvalue weighted by Crippen LogP contribution is 2.41. The molecule has 84 valence electrons. The second kappa shape index (κ2) is 3.49. The normalized spacial score (nSPS) is 22.8. The lowest BCUT2D eigenvalue weighted by Gasteiger charge is -2.33. The van der Waals surface area contributed by atoms with Gasteiger partial charge in [0.15, 0.2) is 0 Å². The molecule has 2 aliphatic rings. The number of aliphatic imine (C=N–C) groups is 1. The van der Waals surface area contributed by atoms with Crippen molar-refractivity contribution in [1.29, 1.82) is 0 Å². The summed E-state index contributed by atoms with van der Waals surface area (Å²) in [5, 5.41) is 0.791. The Kier molecular flexibility index (Phi) is 2.21. The summed E-state index contributed by atoms with van der Waals surface area (Å²) in [4.78, 5) is 7.16. The van der Waals surface area contributed by atoms with E-state index in [1.165, 1.54) is 23.4 Å².